The quantitative estimate of drug-likeness (QED) is 0.725. The average Bonchev–Trinajstić information content (AvgIpc) is 2.61. The largest absolute Gasteiger partial charge is 0.486 e. The Bertz CT molecular complexity index is 975. The van der Waals surface area contributed by atoms with Gasteiger partial charge in [-0.25, -0.2) is 21.6 Å². The lowest BCUT2D eigenvalue weighted by molar-refractivity contribution is 0.171. The van der Waals surface area contributed by atoms with E-state index in [1.165, 1.54) is 18.2 Å². The fraction of sp³-hybridized carbons (Fsp3) is 0.250. The molecule has 0 bridgehead atoms. The third-order valence-electron chi connectivity index (χ3n) is 3.53. The molecule has 1 aliphatic rings. The lowest BCUT2D eigenvalue weighted by Gasteiger charge is -2.19. The van der Waals surface area contributed by atoms with Gasteiger partial charge in [-0.3, -0.25) is 4.72 Å². The van der Waals surface area contributed by atoms with Crippen LogP contribution in [-0.4, -0.2) is 42.3 Å². The zero-order valence-corrected chi connectivity index (χ0v) is 15.3. The third-order valence-corrected chi connectivity index (χ3v) is 6.28. The second kappa shape index (κ2) is 7.52. The summed E-state index contributed by atoms with van der Waals surface area (Å²) in [6.45, 7) is 0.482. The van der Waals surface area contributed by atoms with E-state index in [1.807, 2.05) is 0 Å². The molecule has 2 aromatic carbocycles. The molecule has 0 radical (unpaired) electrons. The number of hydrogen-bond acceptors (Lipinski definition) is 6. The van der Waals surface area contributed by atoms with Gasteiger partial charge < -0.3 is 9.47 Å². The summed E-state index contributed by atoms with van der Waals surface area (Å²) in [6, 6.07) is 12.6. The van der Waals surface area contributed by atoms with Crippen LogP contribution in [0.15, 0.2) is 53.4 Å². The van der Waals surface area contributed by atoms with Crippen LogP contribution in [0.3, 0.4) is 0 Å². The maximum absolute atomic E-state index is 12.3. The van der Waals surface area contributed by atoms with Gasteiger partial charge in [0.15, 0.2) is 11.5 Å². The Labute approximate surface area is 152 Å². The van der Waals surface area contributed by atoms with Crippen LogP contribution >= 0.6 is 0 Å². The fourth-order valence-corrected chi connectivity index (χ4v) is 4.47. The maximum atomic E-state index is 12.3. The number of para-hydroxylation sites is 1. The Morgan fingerprint density at radius 2 is 1.58 bits per heavy atom. The highest BCUT2D eigenvalue weighted by molar-refractivity contribution is 7.92. The van der Waals surface area contributed by atoms with Crippen LogP contribution in [-0.2, 0) is 20.0 Å². The normalized spacial score (nSPS) is 14.0. The number of ether oxygens (including phenoxy) is 2. The van der Waals surface area contributed by atoms with Crippen LogP contribution in [0.25, 0.3) is 0 Å². The first kappa shape index (κ1) is 18.5. The number of rotatable bonds is 7. The number of sulfonamides is 2. The molecule has 1 aliphatic heterocycles. The molecule has 1 heterocycles. The predicted octanol–water partition coefficient (Wildman–Crippen LogP) is 1.18. The van der Waals surface area contributed by atoms with Crippen molar-refractivity contribution in [3.05, 3.63) is 48.5 Å². The standard InChI is InChI=1S/C16H18N2O6S2/c19-25(20,18-13-4-2-1-3-5-13)11-8-17-26(21,22)14-6-7-15-16(12-14)24-10-9-23-15/h1-7,12,17-18H,8-11H2. The van der Waals surface area contributed by atoms with E-state index >= 15 is 0 Å². The van der Waals surface area contributed by atoms with Gasteiger partial charge >= 0.3 is 0 Å². The Morgan fingerprint density at radius 1 is 0.885 bits per heavy atom. The molecule has 2 aromatic rings. The smallest absolute Gasteiger partial charge is 0.240 e. The van der Waals surface area contributed by atoms with E-state index in [-0.39, 0.29) is 11.4 Å². The van der Waals surface area contributed by atoms with E-state index in [4.69, 9.17) is 9.47 Å². The molecule has 0 unspecified atom stereocenters. The van der Waals surface area contributed by atoms with E-state index in [9.17, 15) is 16.8 Å². The highest BCUT2D eigenvalue weighted by Crippen LogP contribution is 2.32. The summed E-state index contributed by atoms with van der Waals surface area (Å²) in [7, 11) is -7.54. The molecule has 0 fully saturated rings. The van der Waals surface area contributed by atoms with Crippen LogP contribution in [0.1, 0.15) is 0 Å². The number of fused-ring (bicyclic) bond motifs is 1. The Morgan fingerprint density at radius 3 is 2.31 bits per heavy atom. The number of hydrogen-bond donors (Lipinski definition) is 2. The molecular weight excluding hydrogens is 380 g/mol. The molecule has 0 spiro atoms. The second-order valence-corrected chi connectivity index (χ2v) is 9.10. The summed E-state index contributed by atoms with van der Waals surface area (Å²) in [5, 5.41) is 0. The van der Waals surface area contributed by atoms with Crippen molar-refractivity contribution in [1.82, 2.24) is 4.72 Å². The average molecular weight is 398 g/mol. The van der Waals surface area contributed by atoms with Gasteiger partial charge in [0.1, 0.15) is 13.2 Å². The van der Waals surface area contributed by atoms with E-state index in [1.54, 1.807) is 30.3 Å². The Balaban J connectivity index is 1.61. The third kappa shape index (κ3) is 4.65. The van der Waals surface area contributed by atoms with Crippen LogP contribution in [0.4, 0.5) is 5.69 Å². The van der Waals surface area contributed by atoms with Crippen molar-refractivity contribution in [1.29, 1.82) is 0 Å². The molecule has 0 atom stereocenters. The zero-order valence-electron chi connectivity index (χ0n) is 13.7. The molecule has 2 N–H and O–H groups in total. The van der Waals surface area contributed by atoms with Crippen LogP contribution in [0.5, 0.6) is 11.5 Å². The topological polar surface area (TPSA) is 111 Å². The lowest BCUT2D eigenvalue weighted by Crippen LogP contribution is -2.31. The van der Waals surface area contributed by atoms with Gasteiger partial charge in [-0.05, 0) is 24.3 Å². The first-order valence-electron chi connectivity index (χ1n) is 7.81. The number of benzene rings is 2. The summed E-state index contributed by atoms with van der Waals surface area (Å²) in [5.74, 6) is 0.424. The minimum absolute atomic E-state index is 0.0184. The monoisotopic (exact) mass is 398 g/mol. The Kier molecular flexibility index (Phi) is 5.35. The number of anilines is 1. The molecule has 0 aromatic heterocycles. The second-order valence-electron chi connectivity index (χ2n) is 5.49. The first-order chi connectivity index (χ1) is 12.4. The van der Waals surface area contributed by atoms with Gasteiger partial charge in [0.05, 0.1) is 10.6 Å². The molecule has 8 nitrogen and oxygen atoms in total. The van der Waals surface area contributed by atoms with Gasteiger partial charge in [-0.2, -0.15) is 0 Å². The highest BCUT2D eigenvalue weighted by Gasteiger charge is 2.20. The van der Waals surface area contributed by atoms with Gasteiger partial charge in [-0.1, -0.05) is 18.2 Å². The number of nitrogens with one attached hydrogen (secondary N) is 2. The minimum Gasteiger partial charge on any atom is -0.486 e. The van der Waals surface area contributed by atoms with Crippen molar-refractivity contribution in [2.75, 3.05) is 30.2 Å². The molecule has 10 heteroatoms. The molecule has 0 aliphatic carbocycles. The molecule has 0 saturated heterocycles. The molecule has 0 saturated carbocycles. The van der Waals surface area contributed by atoms with Crippen molar-refractivity contribution >= 4 is 25.7 Å². The van der Waals surface area contributed by atoms with E-state index in [2.05, 4.69) is 9.44 Å². The van der Waals surface area contributed by atoms with Crippen molar-refractivity contribution in [3.63, 3.8) is 0 Å². The van der Waals surface area contributed by atoms with Crippen LogP contribution in [0, 0.1) is 0 Å². The zero-order chi connectivity index (χ0) is 18.6. The van der Waals surface area contributed by atoms with Crippen molar-refractivity contribution in [2.24, 2.45) is 0 Å². The molecule has 140 valence electrons. The summed E-state index contributed by atoms with van der Waals surface area (Å²) in [4.78, 5) is -0.0184. The summed E-state index contributed by atoms with van der Waals surface area (Å²) >= 11 is 0. The van der Waals surface area contributed by atoms with Crippen molar-refractivity contribution in [2.45, 2.75) is 4.90 Å². The van der Waals surface area contributed by atoms with Gasteiger partial charge in [-0.15, -0.1) is 0 Å². The maximum Gasteiger partial charge on any atom is 0.240 e. The van der Waals surface area contributed by atoms with Crippen LogP contribution < -0.4 is 18.9 Å². The predicted molar refractivity (Wildman–Crippen MR) is 96.5 cm³/mol. The van der Waals surface area contributed by atoms with Crippen LogP contribution in [0.2, 0.25) is 0 Å². The van der Waals surface area contributed by atoms with Gasteiger partial charge in [0, 0.05) is 18.3 Å². The van der Waals surface area contributed by atoms with Gasteiger partial charge in [0.25, 0.3) is 0 Å². The summed E-state index contributed by atoms with van der Waals surface area (Å²) < 4.78 is 64.1. The summed E-state index contributed by atoms with van der Waals surface area (Å²) in [6.07, 6.45) is 0. The fourth-order valence-electron chi connectivity index (χ4n) is 2.32. The lowest BCUT2D eigenvalue weighted by atomic mass is 10.3. The molecular formula is C16H18N2O6S2. The van der Waals surface area contributed by atoms with Crippen molar-refractivity contribution in [3.8, 4) is 11.5 Å². The molecule has 3 rings (SSSR count). The van der Waals surface area contributed by atoms with Crippen molar-refractivity contribution < 1.29 is 26.3 Å². The van der Waals surface area contributed by atoms with E-state index in [0.29, 0.717) is 30.4 Å². The minimum atomic E-state index is -3.87. The molecule has 0 amide bonds. The Hall–Kier alpha value is -2.30. The van der Waals surface area contributed by atoms with Gasteiger partial charge in [0.2, 0.25) is 20.0 Å². The van der Waals surface area contributed by atoms with E-state index < -0.39 is 25.8 Å². The first-order valence-corrected chi connectivity index (χ1v) is 10.9. The summed E-state index contributed by atoms with van der Waals surface area (Å²) in [5.41, 5.74) is 0.419. The highest BCUT2D eigenvalue weighted by atomic mass is 32.2. The SMILES string of the molecule is O=S(=O)(CCNS(=O)(=O)c1ccc2c(c1)OCCO2)Nc1ccccc1. The van der Waals surface area contributed by atoms with E-state index in [0.717, 1.165) is 0 Å². The molecule has 26 heavy (non-hydrogen) atoms.